The van der Waals surface area contributed by atoms with E-state index in [-0.39, 0.29) is 5.69 Å². The number of aromatic nitrogens is 2. The molecule has 0 aliphatic carbocycles. The number of benzene rings is 1. The predicted molar refractivity (Wildman–Crippen MR) is 60.5 cm³/mol. The van der Waals surface area contributed by atoms with Gasteiger partial charge in [-0.25, -0.2) is 4.98 Å². The molecular formula is C9H4BrClN2O2. The molecule has 0 aliphatic rings. The molecule has 1 heterocycles. The van der Waals surface area contributed by atoms with Crippen LogP contribution in [0, 0.1) is 0 Å². The smallest absolute Gasteiger partial charge is 0.277 e. The van der Waals surface area contributed by atoms with Gasteiger partial charge in [0.05, 0.1) is 16.1 Å². The van der Waals surface area contributed by atoms with Crippen molar-refractivity contribution in [3.8, 4) is 0 Å². The summed E-state index contributed by atoms with van der Waals surface area (Å²) in [4.78, 5) is 28.2. The molecule has 6 heteroatoms. The van der Waals surface area contributed by atoms with Crippen LogP contribution in [-0.2, 0) is 0 Å². The van der Waals surface area contributed by atoms with E-state index in [1.165, 1.54) is 0 Å². The number of nitrogens with zero attached hydrogens (tertiary/aromatic N) is 1. The third-order valence-corrected chi connectivity index (χ3v) is 3.18. The van der Waals surface area contributed by atoms with Crippen LogP contribution in [0.2, 0.25) is 5.02 Å². The first kappa shape index (κ1) is 10.3. The maximum absolute atomic E-state index is 11.3. The van der Waals surface area contributed by atoms with Crippen LogP contribution < -0.4 is 5.56 Å². The molecule has 0 aliphatic heterocycles. The van der Waals surface area contributed by atoms with Gasteiger partial charge in [0.25, 0.3) is 5.56 Å². The normalized spacial score (nSPS) is 10.5. The zero-order chi connectivity index (χ0) is 11.0. The van der Waals surface area contributed by atoms with Crippen molar-refractivity contribution in [3.05, 3.63) is 37.7 Å². The van der Waals surface area contributed by atoms with Crippen LogP contribution in [0.1, 0.15) is 10.5 Å². The molecule has 2 aromatic rings. The zero-order valence-corrected chi connectivity index (χ0v) is 9.59. The molecule has 0 unspecified atom stereocenters. The van der Waals surface area contributed by atoms with Gasteiger partial charge in [-0.2, -0.15) is 0 Å². The van der Waals surface area contributed by atoms with E-state index in [0.29, 0.717) is 26.8 Å². The standard InChI is InChI=1S/C9H4BrClN2O2/c10-4-1-2-5-8(7(4)11)13-9(15)6(3-14)12-5/h1-3H,(H,13,15). The molecule has 15 heavy (non-hydrogen) atoms. The minimum atomic E-state index is -0.544. The topological polar surface area (TPSA) is 62.8 Å². The monoisotopic (exact) mass is 286 g/mol. The first-order valence-electron chi connectivity index (χ1n) is 3.96. The van der Waals surface area contributed by atoms with Crippen molar-refractivity contribution in [1.29, 1.82) is 0 Å². The first-order chi connectivity index (χ1) is 7.13. The van der Waals surface area contributed by atoms with Gasteiger partial charge >= 0.3 is 0 Å². The van der Waals surface area contributed by atoms with Crippen LogP contribution in [0.3, 0.4) is 0 Å². The second-order valence-corrected chi connectivity index (χ2v) is 4.06. The van der Waals surface area contributed by atoms with Crippen LogP contribution in [-0.4, -0.2) is 16.3 Å². The van der Waals surface area contributed by atoms with Gasteiger partial charge in [-0.3, -0.25) is 9.59 Å². The fourth-order valence-electron chi connectivity index (χ4n) is 1.19. The Morgan fingerprint density at radius 2 is 2.20 bits per heavy atom. The van der Waals surface area contributed by atoms with Gasteiger partial charge in [-0.05, 0) is 28.1 Å². The molecule has 0 fully saturated rings. The molecule has 0 amide bonds. The fourth-order valence-corrected chi connectivity index (χ4v) is 1.73. The van der Waals surface area contributed by atoms with E-state index in [1.54, 1.807) is 12.1 Å². The SMILES string of the molecule is O=Cc1nc2ccc(Br)c(Cl)c2[nH]c1=O. The molecule has 1 N–H and O–H groups in total. The summed E-state index contributed by atoms with van der Waals surface area (Å²) in [5, 5.41) is 0.370. The Labute approximate surface area is 97.4 Å². The number of fused-ring (bicyclic) bond motifs is 1. The Bertz CT molecular complexity index is 609. The molecule has 76 valence electrons. The number of carbonyl (C=O) groups excluding carboxylic acids is 1. The summed E-state index contributed by atoms with van der Waals surface area (Å²) >= 11 is 9.17. The summed E-state index contributed by atoms with van der Waals surface area (Å²) < 4.78 is 0.660. The van der Waals surface area contributed by atoms with Crippen molar-refractivity contribution in [2.75, 3.05) is 0 Å². The highest BCUT2D eigenvalue weighted by Gasteiger charge is 2.08. The Balaban J connectivity index is 2.93. The molecular weight excluding hydrogens is 283 g/mol. The highest BCUT2D eigenvalue weighted by Crippen LogP contribution is 2.27. The van der Waals surface area contributed by atoms with Gasteiger partial charge < -0.3 is 4.98 Å². The Morgan fingerprint density at radius 1 is 1.47 bits per heavy atom. The number of nitrogens with one attached hydrogen (secondary N) is 1. The second-order valence-electron chi connectivity index (χ2n) is 2.82. The van der Waals surface area contributed by atoms with E-state index in [4.69, 9.17) is 11.6 Å². The molecule has 2 rings (SSSR count). The summed E-state index contributed by atoms with van der Waals surface area (Å²) in [6.07, 6.45) is 0.411. The van der Waals surface area contributed by atoms with Crippen LogP contribution in [0.5, 0.6) is 0 Å². The number of halogens is 2. The summed E-state index contributed by atoms with van der Waals surface area (Å²) in [5.41, 5.74) is 0.199. The third-order valence-electron chi connectivity index (χ3n) is 1.90. The lowest BCUT2D eigenvalue weighted by molar-refractivity contribution is 0.111. The van der Waals surface area contributed by atoms with Crippen LogP contribution in [0.4, 0.5) is 0 Å². The lowest BCUT2D eigenvalue weighted by Gasteiger charge is -2.01. The highest BCUT2D eigenvalue weighted by atomic mass is 79.9. The predicted octanol–water partition coefficient (Wildman–Crippen LogP) is 2.15. The first-order valence-corrected chi connectivity index (χ1v) is 5.14. The number of rotatable bonds is 1. The summed E-state index contributed by atoms with van der Waals surface area (Å²) in [6, 6.07) is 3.36. The molecule has 4 nitrogen and oxygen atoms in total. The molecule has 1 aromatic heterocycles. The maximum atomic E-state index is 11.3. The van der Waals surface area contributed by atoms with Crippen molar-refractivity contribution < 1.29 is 4.79 Å². The summed E-state index contributed by atoms with van der Waals surface area (Å²) in [7, 11) is 0. The second kappa shape index (κ2) is 3.75. The van der Waals surface area contributed by atoms with E-state index in [0.717, 1.165) is 0 Å². The number of aldehydes is 1. The average molecular weight is 288 g/mol. The van der Waals surface area contributed by atoms with Crippen molar-refractivity contribution in [3.63, 3.8) is 0 Å². The van der Waals surface area contributed by atoms with Crippen molar-refractivity contribution >= 4 is 44.9 Å². The Morgan fingerprint density at radius 3 is 2.87 bits per heavy atom. The van der Waals surface area contributed by atoms with Crippen LogP contribution >= 0.6 is 27.5 Å². The molecule has 0 saturated carbocycles. The van der Waals surface area contributed by atoms with Crippen LogP contribution in [0.15, 0.2) is 21.4 Å². The van der Waals surface area contributed by atoms with Gasteiger partial charge in [0.2, 0.25) is 0 Å². The number of H-pyrrole nitrogens is 1. The van der Waals surface area contributed by atoms with E-state index in [2.05, 4.69) is 25.9 Å². The van der Waals surface area contributed by atoms with Gasteiger partial charge in [0.15, 0.2) is 12.0 Å². The quantitative estimate of drug-likeness (QED) is 0.818. The zero-order valence-electron chi connectivity index (χ0n) is 7.25. The van der Waals surface area contributed by atoms with E-state index < -0.39 is 5.56 Å². The van der Waals surface area contributed by atoms with Crippen molar-refractivity contribution in [2.24, 2.45) is 0 Å². The third kappa shape index (κ3) is 1.68. The lowest BCUT2D eigenvalue weighted by Crippen LogP contribution is -2.14. The van der Waals surface area contributed by atoms with E-state index in [1.807, 2.05) is 0 Å². The maximum Gasteiger partial charge on any atom is 0.277 e. The Hall–Kier alpha value is -1.20. The van der Waals surface area contributed by atoms with Gasteiger partial charge in [-0.15, -0.1) is 0 Å². The van der Waals surface area contributed by atoms with Crippen molar-refractivity contribution in [2.45, 2.75) is 0 Å². The molecule has 0 radical (unpaired) electrons. The number of hydrogen-bond acceptors (Lipinski definition) is 3. The number of carbonyl (C=O) groups is 1. The average Bonchev–Trinajstić information content (AvgIpc) is 2.24. The van der Waals surface area contributed by atoms with E-state index >= 15 is 0 Å². The minimum Gasteiger partial charge on any atom is -0.317 e. The molecule has 1 aromatic carbocycles. The van der Waals surface area contributed by atoms with Crippen molar-refractivity contribution in [1.82, 2.24) is 9.97 Å². The molecule has 0 saturated heterocycles. The molecule has 0 atom stereocenters. The largest absolute Gasteiger partial charge is 0.317 e. The lowest BCUT2D eigenvalue weighted by atomic mass is 10.3. The molecule has 0 bridgehead atoms. The van der Waals surface area contributed by atoms with Gasteiger partial charge in [0.1, 0.15) is 0 Å². The van der Waals surface area contributed by atoms with Gasteiger partial charge in [-0.1, -0.05) is 11.6 Å². The highest BCUT2D eigenvalue weighted by molar-refractivity contribution is 9.10. The summed E-state index contributed by atoms with van der Waals surface area (Å²) in [5.74, 6) is 0. The van der Waals surface area contributed by atoms with E-state index in [9.17, 15) is 9.59 Å². The minimum absolute atomic E-state index is 0.152. The molecule has 0 spiro atoms. The Kier molecular flexibility index (Phi) is 2.58. The summed E-state index contributed by atoms with van der Waals surface area (Å²) in [6.45, 7) is 0. The van der Waals surface area contributed by atoms with Crippen LogP contribution in [0.25, 0.3) is 11.0 Å². The number of aromatic amines is 1. The fraction of sp³-hybridized carbons (Fsp3) is 0. The number of hydrogen-bond donors (Lipinski definition) is 1. The van der Waals surface area contributed by atoms with Gasteiger partial charge in [0, 0.05) is 4.47 Å².